The van der Waals surface area contributed by atoms with Crippen LogP contribution in [-0.2, 0) is 9.53 Å². The van der Waals surface area contributed by atoms with Crippen LogP contribution in [0.5, 0.6) is 0 Å². The van der Waals surface area contributed by atoms with Crippen LogP contribution in [0.15, 0.2) is 0 Å². The number of carbonyl (C=O) groups is 1. The van der Waals surface area contributed by atoms with Crippen molar-refractivity contribution in [2.24, 2.45) is 11.7 Å². The van der Waals surface area contributed by atoms with Crippen molar-refractivity contribution in [1.29, 1.82) is 0 Å². The molecule has 0 spiro atoms. The van der Waals surface area contributed by atoms with Gasteiger partial charge in [0.25, 0.3) is 0 Å². The lowest BCUT2D eigenvalue weighted by Crippen LogP contribution is -2.44. The first-order valence-electron chi connectivity index (χ1n) is 4.29. The molecule has 72 valence electrons. The number of nitrogens with two attached hydrogens (primary N) is 1. The van der Waals surface area contributed by atoms with E-state index in [2.05, 4.69) is 11.7 Å². The van der Waals surface area contributed by atoms with Gasteiger partial charge in [-0.2, -0.15) is 0 Å². The number of hydrogen-bond acceptors (Lipinski definition) is 3. The third-order valence-corrected chi connectivity index (χ3v) is 2.49. The molecule has 0 saturated heterocycles. The minimum absolute atomic E-state index is 0.236. The van der Waals surface area contributed by atoms with Crippen LogP contribution >= 0.6 is 0 Å². The molecule has 3 heteroatoms. The molecule has 0 amide bonds. The van der Waals surface area contributed by atoms with Crippen LogP contribution in [0, 0.1) is 5.92 Å². The second-order valence-corrected chi connectivity index (χ2v) is 3.57. The van der Waals surface area contributed by atoms with Crippen LogP contribution in [0.25, 0.3) is 0 Å². The number of hydrogen-bond donors (Lipinski definition) is 1. The van der Waals surface area contributed by atoms with Gasteiger partial charge in [0.2, 0.25) is 0 Å². The fraction of sp³-hybridized carbons (Fsp3) is 0.889. The molecule has 2 unspecified atom stereocenters. The minimum atomic E-state index is -0.443. The highest BCUT2D eigenvalue weighted by Crippen LogP contribution is 2.21. The van der Waals surface area contributed by atoms with Crippen molar-refractivity contribution >= 4 is 5.97 Å². The van der Waals surface area contributed by atoms with E-state index in [-0.39, 0.29) is 5.97 Å². The summed E-state index contributed by atoms with van der Waals surface area (Å²) in [6.07, 6.45) is 1.27. The van der Waals surface area contributed by atoms with Crippen molar-refractivity contribution in [2.75, 3.05) is 7.11 Å². The maximum atomic E-state index is 10.9. The summed E-state index contributed by atoms with van der Waals surface area (Å²) < 4.78 is 4.56. The Morgan fingerprint density at radius 2 is 2.17 bits per heavy atom. The fourth-order valence-electron chi connectivity index (χ4n) is 1.02. The van der Waals surface area contributed by atoms with E-state index in [1.165, 1.54) is 7.11 Å². The third-order valence-electron chi connectivity index (χ3n) is 2.49. The van der Waals surface area contributed by atoms with Gasteiger partial charge in [-0.25, -0.2) is 0 Å². The SMILES string of the molecule is CCC(C)C(C)(N)CC(=O)OC. The van der Waals surface area contributed by atoms with E-state index in [1.807, 2.05) is 13.8 Å². The van der Waals surface area contributed by atoms with Gasteiger partial charge in [-0.05, 0) is 12.8 Å². The van der Waals surface area contributed by atoms with Crippen molar-refractivity contribution in [3.63, 3.8) is 0 Å². The third kappa shape index (κ3) is 3.22. The molecule has 0 bridgehead atoms. The van der Waals surface area contributed by atoms with E-state index >= 15 is 0 Å². The van der Waals surface area contributed by atoms with E-state index in [1.54, 1.807) is 0 Å². The van der Waals surface area contributed by atoms with Crippen LogP contribution in [0.2, 0.25) is 0 Å². The number of methoxy groups -OCH3 is 1. The first-order chi connectivity index (χ1) is 5.44. The van der Waals surface area contributed by atoms with E-state index in [4.69, 9.17) is 5.73 Å². The van der Waals surface area contributed by atoms with E-state index in [9.17, 15) is 4.79 Å². The van der Waals surface area contributed by atoms with Crippen LogP contribution in [0.4, 0.5) is 0 Å². The molecule has 0 aliphatic carbocycles. The Kier molecular flexibility index (Phi) is 4.24. The lowest BCUT2D eigenvalue weighted by Gasteiger charge is -2.29. The van der Waals surface area contributed by atoms with Gasteiger partial charge in [0, 0.05) is 5.54 Å². The summed E-state index contributed by atoms with van der Waals surface area (Å²) in [6.45, 7) is 5.99. The monoisotopic (exact) mass is 173 g/mol. The molecule has 0 aliphatic heterocycles. The first-order valence-corrected chi connectivity index (χ1v) is 4.29. The van der Waals surface area contributed by atoms with E-state index in [0.29, 0.717) is 12.3 Å². The molecule has 0 aromatic heterocycles. The Hall–Kier alpha value is -0.570. The second-order valence-electron chi connectivity index (χ2n) is 3.57. The highest BCUT2D eigenvalue weighted by atomic mass is 16.5. The lowest BCUT2D eigenvalue weighted by molar-refractivity contribution is -0.142. The van der Waals surface area contributed by atoms with Crippen LogP contribution in [0.1, 0.15) is 33.6 Å². The molecule has 0 aromatic rings. The van der Waals surface area contributed by atoms with Crippen LogP contribution < -0.4 is 5.73 Å². The smallest absolute Gasteiger partial charge is 0.307 e. The van der Waals surface area contributed by atoms with Gasteiger partial charge in [0.1, 0.15) is 0 Å². The summed E-state index contributed by atoms with van der Waals surface area (Å²) in [6, 6.07) is 0. The molecule has 2 atom stereocenters. The van der Waals surface area contributed by atoms with Crippen molar-refractivity contribution in [3.05, 3.63) is 0 Å². The lowest BCUT2D eigenvalue weighted by atomic mass is 9.83. The number of carbonyl (C=O) groups excluding carboxylic acids is 1. The summed E-state index contributed by atoms with van der Waals surface area (Å²) in [5.74, 6) is 0.0944. The molecule has 0 aromatic carbocycles. The Balaban J connectivity index is 4.11. The molecule has 0 radical (unpaired) electrons. The standard InChI is InChI=1S/C9H19NO2/c1-5-7(2)9(3,10)6-8(11)12-4/h7H,5-6,10H2,1-4H3. The zero-order chi connectivity index (χ0) is 9.78. The molecule has 0 fully saturated rings. The topological polar surface area (TPSA) is 52.3 Å². The molecular weight excluding hydrogens is 154 g/mol. The molecule has 0 aliphatic rings. The predicted octanol–water partition coefficient (Wildman–Crippen LogP) is 1.31. The van der Waals surface area contributed by atoms with Gasteiger partial charge in [0.05, 0.1) is 13.5 Å². The summed E-state index contributed by atoms with van der Waals surface area (Å²) in [5.41, 5.74) is 5.50. The summed E-state index contributed by atoms with van der Waals surface area (Å²) in [7, 11) is 1.38. The number of esters is 1. The van der Waals surface area contributed by atoms with Crippen LogP contribution in [-0.4, -0.2) is 18.6 Å². The van der Waals surface area contributed by atoms with Crippen molar-refractivity contribution in [1.82, 2.24) is 0 Å². The molecule has 0 heterocycles. The summed E-state index contributed by atoms with van der Waals surface area (Å²) in [4.78, 5) is 10.9. The normalized spacial score (nSPS) is 18.1. The Morgan fingerprint density at radius 1 is 1.67 bits per heavy atom. The summed E-state index contributed by atoms with van der Waals surface area (Å²) >= 11 is 0. The predicted molar refractivity (Wildman–Crippen MR) is 48.7 cm³/mol. The maximum absolute atomic E-state index is 10.9. The minimum Gasteiger partial charge on any atom is -0.469 e. The highest BCUT2D eigenvalue weighted by molar-refractivity contribution is 5.70. The highest BCUT2D eigenvalue weighted by Gasteiger charge is 2.28. The van der Waals surface area contributed by atoms with Crippen molar-refractivity contribution in [2.45, 2.75) is 39.2 Å². The molecular formula is C9H19NO2. The zero-order valence-electron chi connectivity index (χ0n) is 8.39. The molecule has 12 heavy (non-hydrogen) atoms. The number of rotatable bonds is 4. The van der Waals surface area contributed by atoms with Gasteiger partial charge in [0.15, 0.2) is 0 Å². The van der Waals surface area contributed by atoms with Crippen molar-refractivity contribution < 1.29 is 9.53 Å². The average molecular weight is 173 g/mol. The Bertz CT molecular complexity index is 155. The molecule has 0 rings (SSSR count). The molecule has 3 nitrogen and oxygen atoms in total. The van der Waals surface area contributed by atoms with Crippen molar-refractivity contribution in [3.8, 4) is 0 Å². The van der Waals surface area contributed by atoms with Gasteiger partial charge >= 0.3 is 5.97 Å². The Labute approximate surface area is 74.3 Å². The number of ether oxygens (including phenoxy) is 1. The second kappa shape index (κ2) is 4.45. The van der Waals surface area contributed by atoms with Gasteiger partial charge in [-0.3, -0.25) is 4.79 Å². The first kappa shape index (κ1) is 11.4. The fourth-order valence-corrected chi connectivity index (χ4v) is 1.02. The van der Waals surface area contributed by atoms with Crippen LogP contribution in [0.3, 0.4) is 0 Å². The maximum Gasteiger partial charge on any atom is 0.307 e. The molecule has 0 saturated carbocycles. The van der Waals surface area contributed by atoms with Gasteiger partial charge in [-0.1, -0.05) is 20.3 Å². The largest absolute Gasteiger partial charge is 0.469 e. The van der Waals surface area contributed by atoms with E-state index in [0.717, 1.165) is 6.42 Å². The zero-order valence-corrected chi connectivity index (χ0v) is 8.39. The van der Waals surface area contributed by atoms with E-state index < -0.39 is 5.54 Å². The van der Waals surface area contributed by atoms with Gasteiger partial charge in [-0.15, -0.1) is 0 Å². The average Bonchev–Trinajstić information content (AvgIpc) is 2.02. The molecule has 2 N–H and O–H groups in total. The quantitative estimate of drug-likeness (QED) is 0.652. The summed E-state index contributed by atoms with van der Waals surface area (Å²) in [5, 5.41) is 0. The Morgan fingerprint density at radius 3 is 2.50 bits per heavy atom. The van der Waals surface area contributed by atoms with Gasteiger partial charge < -0.3 is 10.5 Å².